The van der Waals surface area contributed by atoms with Gasteiger partial charge in [0.25, 0.3) is 0 Å². The molecule has 0 aliphatic rings. The van der Waals surface area contributed by atoms with Gasteiger partial charge in [-0.1, -0.05) is 13.8 Å². The summed E-state index contributed by atoms with van der Waals surface area (Å²) in [6.45, 7) is 6.93. The second kappa shape index (κ2) is 7.40. The van der Waals surface area contributed by atoms with Gasteiger partial charge in [-0.15, -0.1) is 0 Å². The van der Waals surface area contributed by atoms with Gasteiger partial charge in [0.2, 0.25) is 0 Å². The first kappa shape index (κ1) is 15.9. The molecular formula is C12H22BrN3OS. The number of aryl methyl sites for hydroxylation is 2. The second-order valence-electron chi connectivity index (χ2n) is 4.30. The highest BCUT2D eigenvalue weighted by atomic mass is 79.9. The summed E-state index contributed by atoms with van der Waals surface area (Å²) < 4.78 is 15.0. The summed E-state index contributed by atoms with van der Waals surface area (Å²) in [5.74, 6) is 1.08. The van der Waals surface area contributed by atoms with Crippen molar-refractivity contribution < 1.29 is 4.21 Å². The Morgan fingerprint density at radius 1 is 1.44 bits per heavy atom. The van der Waals surface area contributed by atoms with E-state index in [2.05, 4.69) is 28.0 Å². The highest BCUT2D eigenvalue weighted by molar-refractivity contribution is 9.10. The Morgan fingerprint density at radius 2 is 2.11 bits per heavy atom. The topological polar surface area (TPSA) is 60.9 Å². The van der Waals surface area contributed by atoms with Crippen molar-refractivity contribution in [2.24, 2.45) is 5.73 Å². The van der Waals surface area contributed by atoms with E-state index in [0.717, 1.165) is 35.2 Å². The van der Waals surface area contributed by atoms with Crippen LogP contribution in [0.4, 0.5) is 0 Å². The minimum atomic E-state index is -0.928. The van der Waals surface area contributed by atoms with Crippen molar-refractivity contribution in [1.29, 1.82) is 0 Å². The molecule has 0 fully saturated rings. The Morgan fingerprint density at radius 3 is 2.61 bits per heavy atom. The van der Waals surface area contributed by atoms with Gasteiger partial charge in [0, 0.05) is 29.1 Å². The lowest BCUT2D eigenvalue weighted by Crippen LogP contribution is -2.26. The summed E-state index contributed by atoms with van der Waals surface area (Å²) in [5.41, 5.74) is 7.90. The van der Waals surface area contributed by atoms with E-state index in [-0.39, 0.29) is 6.04 Å². The van der Waals surface area contributed by atoms with Gasteiger partial charge in [-0.3, -0.25) is 8.89 Å². The van der Waals surface area contributed by atoms with Gasteiger partial charge in [0.1, 0.15) is 0 Å². The molecule has 0 aromatic carbocycles. The van der Waals surface area contributed by atoms with Gasteiger partial charge >= 0.3 is 0 Å². The third kappa shape index (κ3) is 3.90. The Labute approximate surface area is 120 Å². The zero-order valence-electron chi connectivity index (χ0n) is 11.3. The molecule has 104 valence electrons. The predicted octanol–water partition coefficient (Wildman–Crippen LogP) is 2.21. The van der Waals surface area contributed by atoms with Crippen LogP contribution in [0.25, 0.3) is 0 Å². The molecule has 2 N–H and O–H groups in total. The predicted molar refractivity (Wildman–Crippen MR) is 80.0 cm³/mol. The molecule has 0 bridgehead atoms. The molecular weight excluding hydrogens is 314 g/mol. The standard InChI is InChI=1S/C12H22BrN3OS/c1-4-9(14)7-18(17)8-11-12(13)10(5-2)15-16(11)6-3/h9H,4-8,14H2,1-3H3. The third-order valence-electron chi connectivity index (χ3n) is 2.92. The quantitative estimate of drug-likeness (QED) is 0.830. The Bertz CT molecular complexity index is 420. The van der Waals surface area contributed by atoms with Gasteiger partial charge in [-0.2, -0.15) is 5.10 Å². The smallest absolute Gasteiger partial charge is 0.0767 e. The molecule has 2 atom stereocenters. The lowest BCUT2D eigenvalue weighted by atomic mass is 10.3. The molecule has 0 saturated carbocycles. The lowest BCUT2D eigenvalue weighted by molar-refractivity contribution is 0.621. The van der Waals surface area contributed by atoms with Crippen LogP contribution < -0.4 is 5.73 Å². The molecule has 0 radical (unpaired) electrons. The van der Waals surface area contributed by atoms with Crippen LogP contribution in [0.2, 0.25) is 0 Å². The first-order valence-corrected chi connectivity index (χ1v) is 8.66. The molecule has 1 rings (SSSR count). The Kier molecular flexibility index (Phi) is 6.52. The van der Waals surface area contributed by atoms with Crippen molar-refractivity contribution in [3.05, 3.63) is 15.9 Å². The molecule has 0 spiro atoms. The maximum atomic E-state index is 12.1. The van der Waals surface area contributed by atoms with Crippen LogP contribution in [0.5, 0.6) is 0 Å². The molecule has 2 unspecified atom stereocenters. The summed E-state index contributed by atoms with van der Waals surface area (Å²) in [6.07, 6.45) is 1.74. The summed E-state index contributed by atoms with van der Waals surface area (Å²) in [6, 6.07) is 0.0215. The normalized spacial score (nSPS) is 14.7. The van der Waals surface area contributed by atoms with Crippen molar-refractivity contribution in [3.63, 3.8) is 0 Å². The molecule has 0 aliphatic carbocycles. The SMILES string of the molecule is CCc1nn(CC)c(CS(=O)CC(N)CC)c1Br. The van der Waals surface area contributed by atoms with Crippen LogP contribution in [-0.2, 0) is 29.5 Å². The summed E-state index contributed by atoms with van der Waals surface area (Å²) in [7, 11) is -0.928. The number of nitrogens with zero attached hydrogens (tertiary/aromatic N) is 2. The molecule has 1 aromatic rings. The highest BCUT2D eigenvalue weighted by Crippen LogP contribution is 2.23. The van der Waals surface area contributed by atoms with E-state index in [1.165, 1.54) is 0 Å². The van der Waals surface area contributed by atoms with E-state index in [0.29, 0.717) is 11.5 Å². The van der Waals surface area contributed by atoms with Crippen molar-refractivity contribution in [1.82, 2.24) is 9.78 Å². The van der Waals surface area contributed by atoms with Crippen molar-refractivity contribution in [2.75, 3.05) is 5.75 Å². The number of nitrogens with two attached hydrogens (primary N) is 1. The molecule has 6 heteroatoms. The molecule has 0 saturated heterocycles. The van der Waals surface area contributed by atoms with Gasteiger partial charge < -0.3 is 5.73 Å². The number of hydrogen-bond acceptors (Lipinski definition) is 3. The van der Waals surface area contributed by atoms with Crippen LogP contribution >= 0.6 is 15.9 Å². The number of halogens is 1. The van der Waals surface area contributed by atoms with Crippen LogP contribution in [0.1, 0.15) is 38.6 Å². The molecule has 1 heterocycles. The zero-order valence-corrected chi connectivity index (χ0v) is 13.7. The largest absolute Gasteiger partial charge is 0.327 e. The van der Waals surface area contributed by atoms with E-state index < -0.39 is 10.8 Å². The van der Waals surface area contributed by atoms with Crippen LogP contribution in [-0.4, -0.2) is 25.8 Å². The number of rotatable bonds is 7. The van der Waals surface area contributed by atoms with Crippen molar-refractivity contribution in [3.8, 4) is 0 Å². The first-order valence-electron chi connectivity index (χ1n) is 6.37. The maximum Gasteiger partial charge on any atom is 0.0767 e. The van der Waals surface area contributed by atoms with Crippen molar-refractivity contribution >= 4 is 26.7 Å². The van der Waals surface area contributed by atoms with E-state index in [1.807, 2.05) is 18.5 Å². The van der Waals surface area contributed by atoms with Crippen LogP contribution in [0, 0.1) is 0 Å². The van der Waals surface area contributed by atoms with Gasteiger partial charge in [0.15, 0.2) is 0 Å². The van der Waals surface area contributed by atoms with E-state index >= 15 is 0 Å². The van der Waals surface area contributed by atoms with Gasteiger partial charge in [0.05, 0.1) is 21.6 Å². The average molecular weight is 336 g/mol. The lowest BCUT2D eigenvalue weighted by Gasteiger charge is -2.09. The Hall–Kier alpha value is -0.200. The second-order valence-corrected chi connectivity index (χ2v) is 6.59. The molecule has 1 aromatic heterocycles. The van der Waals surface area contributed by atoms with Gasteiger partial charge in [-0.25, -0.2) is 0 Å². The average Bonchev–Trinajstić information content (AvgIpc) is 2.66. The molecule has 4 nitrogen and oxygen atoms in total. The fourth-order valence-electron chi connectivity index (χ4n) is 1.72. The minimum absolute atomic E-state index is 0.0215. The number of hydrogen-bond donors (Lipinski definition) is 1. The molecule has 0 amide bonds. The minimum Gasteiger partial charge on any atom is -0.327 e. The Balaban J connectivity index is 2.83. The van der Waals surface area contributed by atoms with E-state index in [9.17, 15) is 4.21 Å². The summed E-state index contributed by atoms with van der Waals surface area (Å²) in [4.78, 5) is 0. The highest BCUT2D eigenvalue weighted by Gasteiger charge is 2.17. The number of aromatic nitrogens is 2. The maximum absolute atomic E-state index is 12.1. The fourth-order valence-corrected chi connectivity index (χ4v) is 4.04. The van der Waals surface area contributed by atoms with Crippen LogP contribution in [0.3, 0.4) is 0 Å². The zero-order chi connectivity index (χ0) is 13.7. The monoisotopic (exact) mass is 335 g/mol. The van der Waals surface area contributed by atoms with E-state index in [4.69, 9.17) is 5.73 Å². The third-order valence-corrected chi connectivity index (χ3v) is 5.23. The van der Waals surface area contributed by atoms with E-state index in [1.54, 1.807) is 0 Å². The molecule has 0 aliphatic heterocycles. The van der Waals surface area contributed by atoms with Gasteiger partial charge in [-0.05, 0) is 35.7 Å². The summed E-state index contributed by atoms with van der Waals surface area (Å²) in [5, 5.41) is 4.50. The van der Waals surface area contributed by atoms with Crippen LogP contribution in [0.15, 0.2) is 4.47 Å². The molecule has 18 heavy (non-hydrogen) atoms. The first-order chi connectivity index (χ1) is 8.53. The summed E-state index contributed by atoms with van der Waals surface area (Å²) >= 11 is 3.57. The van der Waals surface area contributed by atoms with Crippen molar-refractivity contribution in [2.45, 2.75) is 52.0 Å². The fraction of sp³-hybridized carbons (Fsp3) is 0.750.